The summed E-state index contributed by atoms with van der Waals surface area (Å²) in [7, 11) is 1.57. The predicted molar refractivity (Wildman–Crippen MR) is 80.6 cm³/mol. The van der Waals surface area contributed by atoms with E-state index in [1.165, 1.54) is 0 Å². The summed E-state index contributed by atoms with van der Waals surface area (Å²) in [5, 5.41) is 14.0. The molecule has 0 aliphatic heterocycles. The van der Waals surface area contributed by atoms with Crippen LogP contribution in [0.2, 0.25) is 0 Å². The van der Waals surface area contributed by atoms with Crippen molar-refractivity contribution in [3.8, 4) is 6.07 Å². The van der Waals surface area contributed by atoms with Crippen molar-refractivity contribution < 1.29 is 9.59 Å². The Hall–Kier alpha value is -2.39. The lowest BCUT2D eigenvalue weighted by Gasteiger charge is -2.26. The van der Waals surface area contributed by atoms with Crippen LogP contribution in [0.1, 0.15) is 19.4 Å². The van der Waals surface area contributed by atoms with Gasteiger partial charge >= 0.3 is 0 Å². The average Bonchev–Trinajstić information content (AvgIpc) is 2.52. The van der Waals surface area contributed by atoms with Crippen LogP contribution in [-0.2, 0) is 9.59 Å². The van der Waals surface area contributed by atoms with E-state index in [0.29, 0.717) is 17.8 Å². The number of carbonyl (C=O) groups is 2. The Labute approximate surface area is 124 Å². The maximum absolute atomic E-state index is 12.2. The number of nitriles is 1. The summed E-state index contributed by atoms with van der Waals surface area (Å²) in [5.74, 6) is -0.319. The highest BCUT2D eigenvalue weighted by molar-refractivity contribution is 5.95. The van der Waals surface area contributed by atoms with Crippen LogP contribution < -0.4 is 10.6 Å². The number of nitrogens with zero attached hydrogens (tertiary/aromatic N) is 2. The standard InChI is InChI=1S/C15H20N4O2/c1-4-19(10-14(20)17-3)11(2)15(21)18-13-7-5-12(9-16)6-8-13/h5-8,11H,4,10H2,1-3H3,(H,17,20)(H,18,21). The summed E-state index contributed by atoms with van der Waals surface area (Å²) in [4.78, 5) is 25.4. The molecule has 2 N–H and O–H groups in total. The number of hydrogen-bond acceptors (Lipinski definition) is 4. The molecule has 1 aromatic carbocycles. The van der Waals surface area contributed by atoms with Gasteiger partial charge in [-0.15, -0.1) is 0 Å². The molecular formula is C15H20N4O2. The molecule has 0 spiro atoms. The first kappa shape index (κ1) is 16.7. The van der Waals surface area contributed by atoms with Crippen molar-refractivity contribution >= 4 is 17.5 Å². The molecule has 1 unspecified atom stereocenters. The molecule has 21 heavy (non-hydrogen) atoms. The second-order valence-corrected chi connectivity index (χ2v) is 4.59. The van der Waals surface area contributed by atoms with Gasteiger partial charge in [-0.05, 0) is 37.7 Å². The van der Waals surface area contributed by atoms with Crippen LogP contribution in [0, 0.1) is 11.3 Å². The van der Waals surface area contributed by atoms with Crippen molar-refractivity contribution in [2.75, 3.05) is 25.5 Å². The molecular weight excluding hydrogens is 268 g/mol. The SMILES string of the molecule is CCN(CC(=O)NC)C(C)C(=O)Nc1ccc(C#N)cc1. The van der Waals surface area contributed by atoms with E-state index >= 15 is 0 Å². The zero-order valence-corrected chi connectivity index (χ0v) is 12.5. The summed E-state index contributed by atoms with van der Waals surface area (Å²) in [6.07, 6.45) is 0. The zero-order chi connectivity index (χ0) is 15.8. The van der Waals surface area contributed by atoms with Crippen molar-refractivity contribution in [2.45, 2.75) is 19.9 Å². The molecule has 1 atom stereocenters. The second kappa shape index (κ2) is 8.02. The van der Waals surface area contributed by atoms with Crippen molar-refractivity contribution in [1.29, 1.82) is 5.26 Å². The lowest BCUT2D eigenvalue weighted by atomic mass is 10.2. The monoisotopic (exact) mass is 288 g/mol. The molecule has 2 amide bonds. The fourth-order valence-corrected chi connectivity index (χ4v) is 1.83. The minimum absolute atomic E-state index is 0.130. The molecule has 1 rings (SSSR count). The van der Waals surface area contributed by atoms with E-state index < -0.39 is 6.04 Å². The van der Waals surface area contributed by atoms with Gasteiger partial charge in [0, 0.05) is 12.7 Å². The molecule has 0 bridgehead atoms. The number of rotatable bonds is 6. The fraction of sp³-hybridized carbons (Fsp3) is 0.400. The van der Waals surface area contributed by atoms with Gasteiger partial charge in [0.15, 0.2) is 0 Å². The first-order valence-corrected chi connectivity index (χ1v) is 6.77. The van der Waals surface area contributed by atoms with Gasteiger partial charge in [-0.1, -0.05) is 6.92 Å². The van der Waals surface area contributed by atoms with Crippen LogP contribution >= 0.6 is 0 Å². The third-order valence-corrected chi connectivity index (χ3v) is 3.24. The number of hydrogen-bond donors (Lipinski definition) is 2. The van der Waals surface area contributed by atoms with Crippen LogP contribution in [0.4, 0.5) is 5.69 Å². The smallest absolute Gasteiger partial charge is 0.241 e. The molecule has 0 aliphatic carbocycles. The van der Waals surface area contributed by atoms with Gasteiger partial charge in [0.2, 0.25) is 11.8 Å². The molecule has 0 saturated carbocycles. The third kappa shape index (κ3) is 4.89. The number of carbonyl (C=O) groups excluding carboxylic acids is 2. The maximum Gasteiger partial charge on any atom is 0.241 e. The van der Waals surface area contributed by atoms with Crippen LogP contribution in [0.5, 0.6) is 0 Å². The second-order valence-electron chi connectivity index (χ2n) is 4.59. The third-order valence-electron chi connectivity index (χ3n) is 3.24. The first-order chi connectivity index (χ1) is 10.0. The molecule has 6 heteroatoms. The molecule has 0 aliphatic rings. The van der Waals surface area contributed by atoms with E-state index in [-0.39, 0.29) is 18.4 Å². The van der Waals surface area contributed by atoms with E-state index in [9.17, 15) is 9.59 Å². The minimum atomic E-state index is -0.428. The van der Waals surface area contributed by atoms with Gasteiger partial charge in [0.05, 0.1) is 24.2 Å². The summed E-state index contributed by atoms with van der Waals surface area (Å²) >= 11 is 0. The Morgan fingerprint density at radius 3 is 2.43 bits per heavy atom. The summed E-state index contributed by atoms with van der Waals surface area (Å²) < 4.78 is 0. The molecule has 0 heterocycles. The Bertz CT molecular complexity index is 534. The largest absolute Gasteiger partial charge is 0.358 e. The molecule has 1 aromatic rings. The fourth-order valence-electron chi connectivity index (χ4n) is 1.83. The Morgan fingerprint density at radius 2 is 1.95 bits per heavy atom. The number of anilines is 1. The van der Waals surface area contributed by atoms with Gasteiger partial charge in [-0.25, -0.2) is 0 Å². The average molecular weight is 288 g/mol. The Morgan fingerprint density at radius 1 is 1.33 bits per heavy atom. The highest BCUT2D eigenvalue weighted by Crippen LogP contribution is 2.10. The van der Waals surface area contributed by atoms with E-state index in [0.717, 1.165) is 0 Å². The van der Waals surface area contributed by atoms with Crippen molar-refractivity contribution in [3.05, 3.63) is 29.8 Å². The topological polar surface area (TPSA) is 85.2 Å². The van der Waals surface area contributed by atoms with Gasteiger partial charge in [-0.3, -0.25) is 14.5 Å². The van der Waals surface area contributed by atoms with E-state index in [1.807, 2.05) is 13.0 Å². The predicted octanol–water partition coefficient (Wildman–Crippen LogP) is 0.953. The van der Waals surface area contributed by atoms with Gasteiger partial charge in [0.25, 0.3) is 0 Å². The van der Waals surface area contributed by atoms with Crippen molar-refractivity contribution in [2.24, 2.45) is 0 Å². The molecule has 0 radical (unpaired) electrons. The van der Waals surface area contributed by atoms with Gasteiger partial charge < -0.3 is 10.6 Å². The summed E-state index contributed by atoms with van der Waals surface area (Å²) in [6.45, 7) is 4.42. The highest BCUT2D eigenvalue weighted by Gasteiger charge is 2.21. The lowest BCUT2D eigenvalue weighted by Crippen LogP contribution is -2.46. The molecule has 0 aromatic heterocycles. The normalized spacial score (nSPS) is 11.6. The number of nitrogens with one attached hydrogen (secondary N) is 2. The molecule has 0 saturated heterocycles. The first-order valence-electron chi connectivity index (χ1n) is 6.77. The Kier molecular flexibility index (Phi) is 6.37. The van der Waals surface area contributed by atoms with Gasteiger partial charge in [-0.2, -0.15) is 5.26 Å². The van der Waals surface area contributed by atoms with E-state index in [1.54, 1.807) is 43.1 Å². The lowest BCUT2D eigenvalue weighted by molar-refractivity contribution is -0.125. The van der Waals surface area contributed by atoms with Crippen molar-refractivity contribution in [1.82, 2.24) is 10.2 Å². The number of amides is 2. The van der Waals surface area contributed by atoms with Crippen LogP contribution in [0.25, 0.3) is 0 Å². The van der Waals surface area contributed by atoms with Crippen LogP contribution in [0.15, 0.2) is 24.3 Å². The summed E-state index contributed by atoms with van der Waals surface area (Å²) in [6, 6.07) is 8.23. The minimum Gasteiger partial charge on any atom is -0.358 e. The molecule has 0 fully saturated rings. The zero-order valence-electron chi connectivity index (χ0n) is 12.5. The number of benzene rings is 1. The van der Waals surface area contributed by atoms with E-state index in [4.69, 9.17) is 5.26 Å². The van der Waals surface area contributed by atoms with Gasteiger partial charge in [0.1, 0.15) is 0 Å². The van der Waals surface area contributed by atoms with Crippen molar-refractivity contribution in [3.63, 3.8) is 0 Å². The highest BCUT2D eigenvalue weighted by atomic mass is 16.2. The van der Waals surface area contributed by atoms with Crippen LogP contribution in [-0.4, -0.2) is 42.9 Å². The maximum atomic E-state index is 12.2. The molecule has 112 valence electrons. The number of likely N-dealkylation sites (N-methyl/N-ethyl adjacent to an activating group) is 2. The summed E-state index contributed by atoms with van der Waals surface area (Å²) in [5.41, 5.74) is 1.16. The van der Waals surface area contributed by atoms with Crippen LogP contribution in [0.3, 0.4) is 0 Å². The molecule has 6 nitrogen and oxygen atoms in total. The quantitative estimate of drug-likeness (QED) is 0.816. The van der Waals surface area contributed by atoms with E-state index in [2.05, 4.69) is 10.6 Å². The Balaban J connectivity index is 2.67.